The second-order valence-electron chi connectivity index (χ2n) is 4.92. The largest absolute Gasteiger partial charge is 0.329 e. The number of sulfonamides is 1. The van der Waals surface area contributed by atoms with Gasteiger partial charge in [0.05, 0.1) is 17.9 Å². The minimum atomic E-state index is -3.58. The summed E-state index contributed by atoms with van der Waals surface area (Å²) in [5.74, 6) is 0. The molecule has 0 aliphatic heterocycles. The molecule has 0 radical (unpaired) electrons. The van der Waals surface area contributed by atoms with Gasteiger partial charge in [-0.25, -0.2) is 13.1 Å². The zero-order valence-electron chi connectivity index (χ0n) is 12.4. The average Bonchev–Trinajstić information content (AvgIpc) is 2.92. The zero-order valence-corrected chi connectivity index (χ0v) is 14.0. The van der Waals surface area contributed by atoms with Gasteiger partial charge in [0.15, 0.2) is 0 Å². The van der Waals surface area contributed by atoms with Crippen molar-refractivity contribution < 1.29 is 8.42 Å². The number of rotatable bonds is 6. The third-order valence-electron chi connectivity index (χ3n) is 3.34. The Kier molecular flexibility index (Phi) is 4.82. The number of nitrogens with one attached hydrogen (secondary N) is 1. The molecular formula is C13H20N4O2S2. The van der Waals surface area contributed by atoms with Crippen LogP contribution in [-0.4, -0.2) is 24.7 Å². The summed E-state index contributed by atoms with van der Waals surface area (Å²) < 4.78 is 29.3. The molecule has 2 rings (SSSR count). The highest BCUT2D eigenvalue weighted by molar-refractivity contribution is 7.89. The van der Waals surface area contributed by atoms with Gasteiger partial charge in [-0.05, 0) is 42.7 Å². The standard InChI is InChI=1S/C13H20N4O2S2/c1-9-7-20-8-12(9)6-15-21(18,19)13-10(2)16-17(5-4-14)11(13)3/h7-8,15H,4-6,14H2,1-3H3. The molecule has 0 bridgehead atoms. The highest BCUT2D eigenvalue weighted by Crippen LogP contribution is 2.20. The molecule has 21 heavy (non-hydrogen) atoms. The summed E-state index contributed by atoms with van der Waals surface area (Å²) in [5.41, 5.74) is 8.71. The fourth-order valence-corrected chi connectivity index (χ4v) is 4.49. The lowest BCUT2D eigenvalue weighted by Gasteiger charge is -2.07. The number of thiophene rings is 1. The van der Waals surface area contributed by atoms with Gasteiger partial charge in [-0.2, -0.15) is 16.4 Å². The van der Waals surface area contributed by atoms with E-state index in [4.69, 9.17) is 5.73 Å². The second kappa shape index (κ2) is 6.27. The van der Waals surface area contributed by atoms with Crippen molar-refractivity contribution in [2.45, 2.75) is 38.8 Å². The molecule has 6 nitrogen and oxygen atoms in total. The summed E-state index contributed by atoms with van der Waals surface area (Å²) in [6, 6.07) is 0. The molecular weight excluding hydrogens is 308 g/mol. The van der Waals surface area contributed by atoms with Gasteiger partial charge in [0.1, 0.15) is 4.90 Å². The average molecular weight is 328 g/mol. The molecule has 0 aliphatic rings. The highest BCUT2D eigenvalue weighted by Gasteiger charge is 2.24. The summed E-state index contributed by atoms with van der Waals surface area (Å²) >= 11 is 1.56. The van der Waals surface area contributed by atoms with E-state index in [0.29, 0.717) is 31.0 Å². The van der Waals surface area contributed by atoms with E-state index in [0.717, 1.165) is 11.1 Å². The molecule has 0 spiro atoms. The van der Waals surface area contributed by atoms with Crippen molar-refractivity contribution in [1.29, 1.82) is 0 Å². The number of nitrogens with zero attached hydrogens (tertiary/aromatic N) is 2. The molecule has 0 fully saturated rings. The number of nitrogens with two attached hydrogens (primary N) is 1. The molecule has 2 heterocycles. The monoisotopic (exact) mass is 328 g/mol. The lowest BCUT2D eigenvalue weighted by atomic mass is 10.2. The van der Waals surface area contributed by atoms with E-state index in [9.17, 15) is 8.42 Å². The highest BCUT2D eigenvalue weighted by atomic mass is 32.2. The van der Waals surface area contributed by atoms with Crippen LogP contribution in [0.5, 0.6) is 0 Å². The van der Waals surface area contributed by atoms with Gasteiger partial charge < -0.3 is 5.73 Å². The molecule has 0 saturated carbocycles. The lowest BCUT2D eigenvalue weighted by Crippen LogP contribution is -2.24. The minimum Gasteiger partial charge on any atom is -0.329 e. The fourth-order valence-electron chi connectivity index (χ4n) is 2.22. The summed E-state index contributed by atoms with van der Waals surface area (Å²) in [6.45, 7) is 6.63. The van der Waals surface area contributed by atoms with Crippen LogP contribution in [0.25, 0.3) is 0 Å². The third kappa shape index (κ3) is 3.34. The molecule has 0 atom stereocenters. The maximum Gasteiger partial charge on any atom is 0.244 e. The molecule has 8 heteroatoms. The third-order valence-corrected chi connectivity index (χ3v) is 5.90. The Morgan fingerprint density at radius 1 is 1.33 bits per heavy atom. The maximum absolute atomic E-state index is 12.5. The van der Waals surface area contributed by atoms with Crippen molar-refractivity contribution in [2.24, 2.45) is 5.73 Å². The first-order valence-corrected chi connectivity index (χ1v) is 9.05. The Hall–Kier alpha value is -1.22. The molecule has 0 amide bonds. The van der Waals surface area contributed by atoms with E-state index in [2.05, 4.69) is 9.82 Å². The number of hydrogen-bond acceptors (Lipinski definition) is 5. The molecule has 2 aromatic heterocycles. The molecule has 116 valence electrons. The van der Waals surface area contributed by atoms with Crippen LogP contribution in [0.4, 0.5) is 0 Å². The topological polar surface area (TPSA) is 90.0 Å². The SMILES string of the molecule is Cc1cscc1CNS(=O)(=O)c1c(C)nn(CCN)c1C. The Balaban J connectivity index is 2.25. The van der Waals surface area contributed by atoms with Crippen LogP contribution < -0.4 is 10.5 Å². The molecule has 0 aromatic carbocycles. The van der Waals surface area contributed by atoms with Crippen LogP contribution in [0.3, 0.4) is 0 Å². The molecule has 3 N–H and O–H groups in total. The number of aryl methyl sites for hydroxylation is 2. The van der Waals surface area contributed by atoms with E-state index in [1.54, 1.807) is 29.9 Å². The van der Waals surface area contributed by atoms with Crippen LogP contribution in [0.1, 0.15) is 22.5 Å². The van der Waals surface area contributed by atoms with Gasteiger partial charge in [0.2, 0.25) is 10.0 Å². The Morgan fingerprint density at radius 3 is 2.62 bits per heavy atom. The van der Waals surface area contributed by atoms with Crippen molar-refractivity contribution in [3.05, 3.63) is 33.3 Å². The Bertz CT molecular complexity index is 731. The smallest absolute Gasteiger partial charge is 0.244 e. The fraction of sp³-hybridized carbons (Fsp3) is 0.462. The van der Waals surface area contributed by atoms with Gasteiger partial charge in [-0.3, -0.25) is 4.68 Å². The van der Waals surface area contributed by atoms with E-state index in [1.165, 1.54) is 0 Å². The molecule has 0 unspecified atom stereocenters. The van der Waals surface area contributed by atoms with Crippen molar-refractivity contribution in [3.8, 4) is 0 Å². The minimum absolute atomic E-state index is 0.254. The second-order valence-corrected chi connectivity index (χ2v) is 7.36. The van der Waals surface area contributed by atoms with Crippen LogP contribution in [0, 0.1) is 20.8 Å². The number of aromatic nitrogens is 2. The molecule has 2 aromatic rings. The normalized spacial score (nSPS) is 12.0. The van der Waals surface area contributed by atoms with E-state index in [-0.39, 0.29) is 4.90 Å². The van der Waals surface area contributed by atoms with Gasteiger partial charge >= 0.3 is 0 Å². The molecule has 0 aliphatic carbocycles. The van der Waals surface area contributed by atoms with E-state index in [1.807, 2.05) is 17.7 Å². The summed E-state index contributed by atoms with van der Waals surface area (Å²) in [5, 5.41) is 8.20. The van der Waals surface area contributed by atoms with Gasteiger partial charge in [-0.1, -0.05) is 0 Å². The summed E-state index contributed by atoms with van der Waals surface area (Å²) in [6.07, 6.45) is 0. The number of hydrogen-bond donors (Lipinski definition) is 2. The predicted octanol–water partition coefficient (Wildman–Crippen LogP) is 1.31. The van der Waals surface area contributed by atoms with Crippen LogP contribution in [0.2, 0.25) is 0 Å². The van der Waals surface area contributed by atoms with Crippen LogP contribution in [0.15, 0.2) is 15.7 Å². The molecule has 0 saturated heterocycles. The van der Waals surface area contributed by atoms with Crippen molar-refractivity contribution in [1.82, 2.24) is 14.5 Å². The lowest BCUT2D eigenvalue weighted by molar-refractivity contribution is 0.577. The van der Waals surface area contributed by atoms with E-state index >= 15 is 0 Å². The van der Waals surface area contributed by atoms with Gasteiger partial charge in [0, 0.05) is 13.1 Å². The quantitative estimate of drug-likeness (QED) is 0.836. The summed E-state index contributed by atoms with van der Waals surface area (Å²) in [4.78, 5) is 0.254. The first-order chi connectivity index (χ1) is 9.86. The summed E-state index contributed by atoms with van der Waals surface area (Å²) in [7, 11) is -3.58. The Labute approximate surface area is 129 Å². The van der Waals surface area contributed by atoms with E-state index < -0.39 is 10.0 Å². The predicted molar refractivity (Wildman–Crippen MR) is 83.8 cm³/mol. The zero-order chi connectivity index (χ0) is 15.6. The Morgan fingerprint density at radius 2 is 2.05 bits per heavy atom. The van der Waals surface area contributed by atoms with Crippen molar-refractivity contribution in [2.75, 3.05) is 6.54 Å². The van der Waals surface area contributed by atoms with Gasteiger partial charge in [0.25, 0.3) is 0 Å². The van der Waals surface area contributed by atoms with Crippen molar-refractivity contribution >= 4 is 21.4 Å². The maximum atomic E-state index is 12.5. The first kappa shape index (κ1) is 16.2. The van der Waals surface area contributed by atoms with Gasteiger partial charge in [-0.15, -0.1) is 0 Å². The van der Waals surface area contributed by atoms with Crippen molar-refractivity contribution in [3.63, 3.8) is 0 Å². The van der Waals surface area contributed by atoms with Crippen LogP contribution >= 0.6 is 11.3 Å². The van der Waals surface area contributed by atoms with Crippen LogP contribution in [-0.2, 0) is 23.1 Å². The first-order valence-electron chi connectivity index (χ1n) is 6.62.